The Morgan fingerprint density at radius 2 is 2.15 bits per heavy atom. The maximum atomic E-state index is 12.1. The fourth-order valence-corrected chi connectivity index (χ4v) is 3.16. The second-order valence-electron chi connectivity index (χ2n) is 6.38. The van der Waals surface area contributed by atoms with E-state index >= 15 is 0 Å². The third kappa shape index (κ3) is 3.76. The van der Waals surface area contributed by atoms with E-state index in [1.807, 2.05) is 36.5 Å². The molecular weight excluding hydrogens is 342 g/mol. The highest BCUT2D eigenvalue weighted by Gasteiger charge is 2.08. The van der Waals surface area contributed by atoms with Crippen molar-refractivity contribution in [3.05, 3.63) is 54.1 Å². The summed E-state index contributed by atoms with van der Waals surface area (Å²) in [5.41, 5.74) is 3.80. The van der Waals surface area contributed by atoms with E-state index in [4.69, 9.17) is 4.74 Å². The van der Waals surface area contributed by atoms with Gasteiger partial charge in [0.05, 0.1) is 12.6 Å². The first kappa shape index (κ1) is 17.1. The molecule has 3 N–H and O–H groups in total. The van der Waals surface area contributed by atoms with Gasteiger partial charge < -0.3 is 20.0 Å². The van der Waals surface area contributed by atoms with Crippen molar-refractivity contribution in [2.45, 2.75) is 19.3 Å². The topological polar surface area (TPSA) is 95.7 Å². The standard InChI is InChI=1S/C20H21N5O2/c1-27-14-4-5-16-15(11-14)13(12-23-16)8-10-21-19(26)7-6-18-24-17-3-2-9-22-20(17)25-18/h2-5,9,11-12,23H,6-8,10H2,1H3,(H,21,26)(H,22,24,25). The lowest BCUT2D eigenvalue weighted by atomic mass is 10.1. The van der Waals surface area contributed by atoms with Crippen LogP contribution in [0.3, 0.4) is 0 Å². The summed E-state index contributed by atoms with van der Waals surface area (Å²) >= 11 is 0. The van der Waals surface area contributed by atoms with Crippen molar-refractivity contribution in [1.82, 2.24) is 25.3 Å². The SMILES string of the molecule is COc1ccc2[nH]cc(CCNC(=O)CCc3nc4ncccc4[nH]3)c2c1. The molecule has 0 aliphatic carbocycles. The molecule has 0 saturated carbocycles. The average molecular weight is 363 g/mol. The Morgan fingerprint density at radius 3 is 3.00 bits per heavy atom. The zero-order valence-electron chi connectivity index (χ0n) is 15.1. The summed E-state index contributed by atoms with van der Waals surface area (Å²) in [6, 6.07) is 9.72. The van der Waals surface area contributed by atoms with Gasteiger partial charge in [-0.15, -0.1) is 0 Å². The number of carbonyl (C=O) groups excluding carboxylic acids is 1. The molecule has 3 heterocycles. The molecule has 3 aromatic heterocycles. The predicted octanol–water partition coefficient (Wildman–Crippen LogP) is 2.74. The first-order chi connectivity index (χ1) is 13.2. The summed E-state index contributed by atoms with van der Waals surface area (Å²) in [4.78, 5) is 27.2. The largest absolute Gasteiger partial charge is 0.497 e. The number of aromatic nitrogens is 4. The van der Waals surface area contributed by atoms with Crippen LogP contribution in [0.4, 0.5) is 0 Å². The number of H-pyrrole nitrogens is 2. The van der Waals surface area contributed by atoms with Crippen molar-refractivity contribution >= 4 is 28.0 Å². The summed E-state index contributed by atoms with van der Waals surface area (Å²) in [6.07, 6.45) is 5.40. The van der Waals surface area contributed by atoms with E-state index in [2.05, 4.69) is 25.3 Å². The molecule has 4 aromatic rings. The van der Waals surface area contributed by atoms with E-state index in [0.29, 0.717) is 25.0 Å². The lowest BCUT2D eigenvalue weighted by Gasteiger charge is -2.05. The van der Waals surface area contributed by atoms with Crippen molar-refractivity contribution in [3.8, 4) is 5.75 Å². The Labute approximate surface area is 156 Å². The number of benzene rings is 1. The predicted molar refractivity (Wildman–Crippen MR) is 104 cm³/mol. The molecule has 0 atom stereocenters. The zero-order chi connectivity index (χ0) is 18.6. The van der Waals surface area contributed by atoms with Crippen LogP contribution in [0.5, 0.6) is 5.75 Å². The second kappa shape index (κ2) is 7.49. The number of nitrogens with zero attached hydrogens (tertiary/aromatic N) is 2. The molecule has 7 heteroatoms. The van der Waals surface area contributed by atoms with Crippen LogP contribution >= 0.6 is 0 Å². The number of rotatable bonds is 7. The highest BCUT2D eigenvalue weighted by molar-refractivity contribution is 5.84. The number of nitrogens with one attached hydrogen (secondary N) is 3. The molecule has 4 rings (SSSR count). The van der Waals surface area contributed by atoms with Gasteiger partial charge in [0.2, 0.25) is 5.91 Å². The zero-order valence-corrected chi connectivity index (χ0v) is 15.1. The molecule has 138 valence electrons. The molecule has 0 radical (unpaired) electrons. The van der Waals surface area contributed by atoms with Gasteiger partial charge in [-0.1, -0.05) is 0 Å². The average Bonchev–Trinajstić information content (AvgIpc) is 3.29. The van der Waals surface area contributed by atoms with Gasteiger partial charge in [-0.05, 0) is 42.3 Å². The number of aromatic amines is 2. The van der Waals surface area contributed by atoms with Crippen molar-refractivity contribution in [3.63, 3.8) is 0 Å². The van der Waals surface area contributed by atoms with E-state index in [9.17, 15) is 4.79 Å². The summed E-state index contributed by atoms with van der Waals surface area (Å²) in [5, 5.41) is 4.10. The molecule has 1 amide bonds. The van der Waals surface area contributed by atoms with Crippen LogP contribution in [0.2, 0.25) is 0 Å². The van der Waals surface area contributed by atoms with E-state index in [1.54, 1.807) is 13.3 Å². The first-order valence-corrected chi connectivity index (χ1v) is 8.93. The maximum absolute atomic E-state index is 12.1. The molecule has 0 aliphatic rings. The van der Waals surface area contributed by atoms with Gasteiger partial charge in [0, 0.05) is 42.7 Å². The van der Waals surface area contributed by atoms with E-state index in [1.165, 1.54) is 0 Å². The maximum Gasteiger partial charge on any atom is 0.220 e. The second-order valence-corrected chi connectivity index (χ2v) is 6.38. The number of hydrogen-bond acceptors (Lipinski definition) is 4. The number of carbonyl (C=O) groups is 1. The summed E-state index contributed by atoms with van der Waals surface area (Å²) in [7, 11) is 1.66. The monoisotopic (exact) mass is 363 g/mol. The molecule has 0 bridgehead atoms. The van der Waals surface area contributed by atoms with Gasteiger partial charge in [0.1, 0.15) is 11.6 Å². The Hall–Kier alpha value is -3.35. The highest BCUT2D eigenvalue weighted by atomic mass is 16.5. The van der Waals surface area contributed by atoms with Crippen LogP contribution in [-0.4, -0.2) is 39.5 Å². The Morgan fingerprint density at radius 1 is 1.22 bits per heavy atom. The number of ether oxygens (including phenoxy) is 1. The molecule has 1 aromatic carbocycles. The molecule has 0 fully saturated rings. The molecule has 0 aliphatic heterocycles. The lowest BCUT2D eigenvalue weighted by Crippen LogP contribution is -2.25. The normalized spacial score (nSPS) is 11.1. The Balaban J connectivity index is 1.29. The van der Waals surface area contributed by atoms with Gasteiger partial charge in [-0.25, -0.2) is 9.97 Å². The van der Waals surface area contributed by atoms with E-state index in [-0.39, 0.29) is 5.91 Å². The molecule has 0 unspecified atom stereocenters. The molecular formula is C20H21N5O2. The minimum absolute atomic E-state index is 0.0147. The number of methoxy groups -OCH3 is 1. The van der Waals surface area contributed by atoms with Gasteiger partial charge >= 0.3 is 0 Å². The van der Waals surface area contributed by atoms with Gasteiger partial charge in [-0.2, -0.15) is 0 Å². The summed E-state index contributed by atoms with van der Waals surface area (Å²) in [6.45, 7) is 0.588. The van der Waals surface area contributed by atoms with E-state index in [0.717, 1.165) is 40.0 Å². The molecule has 0 saturated heterocycles. The number of fused-ring (bicyclic) bond motifs is 2. The van der Waals surface area contributed by atoms with Crippen LogP contribution in [0.15, 0.2) is 42.7 Å². The number of aryl methyl sites for hydroxylation is 1. The van der Waals surface area contributed by atoms with Gasteiger partial charge in [0.25, 0.3) is 0 Å². The summed E-state index contributed by atoms with van der Waals surface area (Å²) in [5.74, 6) is 1.62. The minimum atomic E-state index is 0.0147. The number of imidazole rings is 1. The molecule has 7 nitrogen and oxygen atoms in total. The quantitative estimate of drug-likeness (QED) is 0.470. The lowest BCUT2D eigenvalue weighted by molar-refractivity contribution is -0.121. The van der Waals surface area contributed by atoms with Gasteiger partial charge in [-0.3, -0.25) is 4.79 Å². The Bertz CT molecular complexity index is 1050. The Kier molecular flexibility index (Phi) is 4.74. The van der Waals surface area contributed by atoms with Crippen LogP contribution in [0, 0.1) is 0 Å². The molecule has 0 spiro atoms. The molecule has 27 heavy (non-hydrogen) atoms. The third-order valence-electron chi connectivity index (χ3n) is 4.59. The smallest absolute Gasteiger partial charge is 0.220 e. The van der Waals surface area contributed by atoms with Crippen LogP contribution in [0.1, 0.15) is 17.8 Å². The van der Waals surface area contributed by atoms with E-state index < -0.39 is 0 Å². The van der Waals surface area contributed by atoms with Crippen LogP contribution < -0.4 is 10.1 Å². The third-order valence-corrected chi connectivity index (χ3v) is 4.59. The summed E-state index contributed by atoms with van der Waals surface area (Å²) < 4.78 is 5.29. The van der Waals surface area contributed by atoms with Crippen molar-refractivity contribution in [1.29, 1.82) is 0 Å². The van der Waals surface area contributed by atoms with Crippen LogP contribution in [-0.2, 0) is 17.6 Å². The number of amides is 1. The van der Waals surface area contributed by atoms with Gasteiger partial charge in [0.15, 0.2) is 5.65 Å². The highest BCUT2D eigenvalue weighted by Crippen LogP contribution is 2.23. The first-order valence-electron chi connectivity index (χ1n) is 8.93. The number of hydrogen-bond donors (Lipinski definition) is 3. The fraction of sp³-hybridized carbons (Fsp3) is 0.250. The van der Waals surface area contributed by atoms with Crippen molar-refractivity contribution in [2.24, 2.45) is 0 Å². The van der Waals surface area contributed by atoms with Crippen LogP contribution in [0.25, 0.3) is 22.1 Å². The van der Waals surface area contributed by atoms with Crippen molar-refractivity contribution < 1.29 is 9.53 Å². The minimum Gasteiger partial charge on any atom is -0.497 e. The number of pyridine rings is 1. The van der Waals surface area contributed by atoms with Crippen molar-refractivity contribution in [2.75, 3.05) is 13.7 Å². The fourth-order valence-electron chi connectivity index (χ4n) is 3.16.